The summed E-state index contributed by atoms with van der Waals surface area (Å²) in [6.45, 7) is 5.48. The van der Waals surface area contributed by atoms with Crippen LogP contribution in [-0.2, 0) is 4.79 Å². The Morgan fingerprint density at radius 2 is 2.13 bits per heavy atom. The first kappa shape index (κ1) is 17.3. The van der Waals surface area contributed by atoms with Crippen LogP contribution in [0, 0.1) is 0 Å². The van der Waals surface area contributed by atoms with E-state index in [4.69, 9.17) is 5.84 Å². The maximum Gasteiger partial charge on any atom is 0.321 e. The average molecular weight is 354 g/mol. The van der Waals surface area contributed by atoms with Gasteiger partial charge in [0.2, 0.25) is 11.1 Å². The first-order valence-electron chi connectivity index (χ1n) is 6.75. The lowest BCUT2D eigenvalue weighted by molar-refractivity contribution is -0.117. The Morgan fingerprint density at radius 1 is 1.39 bits per heavy atom. The van der Waals surface area contributed by atoms with Gasteiger partial charge in [-0.05, 0) is 32.2 Å². The van der Waals surface area contributed by atoms with Gasteiger partial charge in [-0.2, -0.15) is 0 Å². The third kappa shape index (κ3) is 4.96. The first-order valence-corrected chi connectivity index (χ1v) is 8.62. The number of imide groups is 1. The number of nitrogens with one attached hydrogen (secondary N) is 2. The Bertz CT molecular complexity index is 690. The van der Waals surface area contributed by atoms with Crippen LogP contribution in [0.2, 0.25) is 0 Å². The lowest BCUT2D eigenvalue weighted by atomic mass is 10.1. The van der Waals surface area contributed by atoms with Gasteiger partial charge >= 0.3 is 6.03 Å². The Kier molecular flexibility index (Phi) is 5.26. The zero-order valence-corrected chi connectivity index (χ0v) is 14.6. The highest BCUT2D eigenvalue weighted by molar-refractivity contribution is 7.99. The summed E-state index contributed by atoms with van der Waals surface area (Å²) in [7, 11) is 0. The van der Waals surface area contributed by atoms with Gasteiger partial charge in [0, 0.05) is 5.54 Å². The van der Waals surface area contributed by atoms with E-state index in [0.717, 1.165) is 16.6 Å². The Morgan fingerprint density at radius 3 is 2.74 bits per heavy atom. The highest BCUT2D eigenvalue weighted by Gasteiger charge is 2.17. The molecule has 2 aromatic rings. The van der Waals surface area contributed by atoms with Gasteiger partial charge < -0.3 is 11.2 Å². The second-order valence-corrected chi connectivity index (χ2v) is 7.58. The minimum Gasteiger partial charge on any atom is -0.335 e. The quantitative estimate of drug-likeness (QED) is 0.565. The van der Waals surface area contributed by atoms with Gasteiger partial charge in [-0.15, -0.1) is 21.5 Å². The number of hydrogen-bond acceptors (Lipinski definition) is 7. The lowest BCUT2D eigenvalue weighted by Gasteiger charge is -2.20. The van der Waals surface area contributed by atoms with Crippen LogP contribution in [0.3, 0.4) is 0 Å². The fourth-order valence-corrected chi connectivity index (χ4v) is 2.98. The summed E-state index contributed by atoms with van der Waals surface area (Å²) in [6.07, 6.45) is 0. The molecule has 3 amide bonds. The van der Waals surface area contributed by atoms with Crippen LogP contribution in [0.1, 0.15) is 20.8 Å². The van der Waals surface area contributed by atoms with Crippen molar-refractivity contribution in [2.45, 2.75) is 31.5 Å². The zero-order chi connectivity index (χ0) is 17.0. The van der Waals surface area contributed by atoms with Gasteiger partial charge in [-0.1, -0.05) is 17.8 Å². The SMILES string of the molecule is CC(C)(C)NC(=O)NC(=O)CSc1nnc(-c2cccs2)n1N. The number of amides is 3. The number of hydrogen-bond donors (Lipinski definition) is 3. The van der Waals surface area contributed by atoms with Gasteiger partial charge in [0.15, 0.2) is 5.82 Å². The van der Waals surface area contributed by atoms with Crippen LogP contribution in [0.5, 0.6) is 0 Å². The van der Waals surface area contributed by atoms with Gasteiger partial charge in [-0.3, -0.25) is 10.1 Å². The topological polar surface area (TPSA) is 115 Å². The van der Waals surface area contributed by atoms with Crippen molar-refractivity contribution in [3.05, 3.63) is 17.5 Å². The van der Waals surface area contributed by atoms with Crippen molar-refractivity contribution < 1.29 is 9.59 Å². The summed E-state index contributed by atoms with van der Waals surface area (Å²) in [5.74, 6) is 6.05. The lowest BCUT2D eigenvalue weighted by Crippen LogP contribution is -2.48. The number of rotatable bonds is 4. The Balaban J connectivity index is 1.89. The summed E-state index contributed by atoms with van der Waals surface area (Å²) in [5.41, 5.74) is -0.412. The van der Waals surface area contributed by atoms with Gasteiger partial charge in [0.05, 0.1) is 10.6 Å². The molecular weight excluding hydrogens is 336 g/mol. The van der Waals surface area contributed by atoms with Crippen molar-refractivity contribution in [1.82, 2.24) is 25.5 Å². The molecule has 0 saturated carbocycles. The predicted octanol–water partition coefficient (Wildman–Crippen LogP) is 1.44. The average Bonchev–Trinajstić information content (AvgIpc) is 3.03. The third-order valence-corrected chi connectivity index (χ3v) is 4.29. The summed E-state index contributed by atoms with van der Waals surface area (Å²) >= 11 is 2.61. The molecule has 0 bridgehead atoms. The van der Waals surface area contributed by atoms with Crippen molar-refractivity contribution in [3.8, 4) is 10.7 Å². The fourth-order valence-electron chi connectivity index (χ4n) is 1.61. The second-order valence-electron chi connectivity index (χ2n) is 5.69. The summed E-state index contributed by atoms with van der Waals surface area (Å²) in [5, 5.41) is 15.2. The van der Waals surface area contributed by atoms with E-state index in [9.17, 15) is 9.59 Å². The molecule has 2 rings (SSSR count). The number of nitrogen functional groups attached to an aromatic ring is 1. The van der Waals surface area contributed by atoms with Crippen LogP contribution in [0.15, 0.2) is 22.7 Å². The van der Waals surface area contributed by atoms with Crippen LogP contribution < -0.4 is 16.5 Å². The van der Waals surface area contributed by atoms with Crippen molar-refractivity contribution in [1.29, 1.82) is 0 Å². The highest BCUT2D eigenvalue weighted by atomic mass is 32.2. The zero-order valence-electron chi connectivity index (χ0n) is 13.0. The Labute approximate surface area is 141 Å². The second kappa shape index (κ2) is 7.01. The maximum atomic E-state index is 11.8. The van der Waals surface area contributed by atoms with Gasteiger partial charge in [0.25, 0.3) is 0 Å². The van der Waals surface area contributed by atoms with Crippen molar-refractivity contribution >= 4 is 35.0 Å². The molecule has 10 heteroatoms. The molecule has 0 aliphatic heterocycles. The van der Waals surface area contributed by atoms with Crippen LogP contribution >= 0.6 is 23.1 Å². The van der Waals surface area contributed by atoms with E-state index in [1.54, 1.807) is 0 Å². The molecule has 0 saturated heterocycles. The summed E-state index contributed by atoms with van der Waals surface area (Å²) in [6, 6.07) is 3.25. The molecule has 2 heterocycles. The number of thiophene rings is 1. The summed E-state index contributed by atoms with van der Waals surface area (Å²) < 4.78 is 1.33. The largest absolute Gasteiger partial charge is 0.335 e. The van der Waals surface area contributed by atoms with E-state index >= 15 is 0 Å². The van der Waals surface area contributed by atoms with E-state index in [1.165, 1.54) is 16.0 Å². The van der Waals surface area contributed by atoms with Crippen LogP contribution in [0.4, 0.5) is 4.79 Å². The molecule has 0 radical (unpaired) electrons. The van der Waals surface area contributed by atoms with Crippen molar-refractivity contribution in [2.75, 3.05) is 11.6 Å². The molecule has 0 aliphatic rings. The van der Waals surface area contributed by atoms with E-state index < -0.39 is 17.5 Å². The number of aromatic nitrogens is 3. The van der Waals surface area contributed by atoms with Crippen molar-refractivity contribution in [2.24, 2.45) is 0 Å². The smallest absolute Gasteiger partial charge is 0.321 e. The van der Waals surface area contributed by atoms with Gasteiger partial charge in [0.1, 0.15) is 0 Å². The molecule has 0 atom stereocenters. The normalized spacial score (nSPS) is 11.3. The molecule has 2 aromatic heterocycles. The molecule has 0 unspecified atom stereocenters. The molecule has 4 N–H and O–H groups in total. The van der Waals surface area contributed by atoms with E-state index in [1.807, 2.05) is 38.3 Å². The third-order valence-electron chi connectivity index (χ3n) is 2.48. The van der Waals surface area contributed by atoms with Crippen LogP contribution in [0.25, 0.3) is 10.7 Å². The molecule has 124 valence electrons. The predicted molar refractivity (Wildman–Crippen MR) is 90.6 cm³/mol. The van der Waals surface area contributed by atoms with Crippen molar-refractivity contribution in [3.63, 3.8) is 0 Å². The molecule has 0 fully saturated rings. The maximum absolute atomic E-state index is 11.8. The molecule has 8 nitrogen and oxygen atoms in total. The number of carbonyl (C=O) groups is 2. The minimum absolute atomic E-state index is 0.0112. The van der Waals surface area contributed by atoms with E-state index in [2.05, 4.69) is 20.8 Å². The fraction of sp³-hybridized carbons (Fsp3) is 0.385. The number of thioether (sulfide) groups is 1. The monoisotopic (exact) mass is 354 g/mol. The van der Waals surface area contributed by atoms with Crippen LogP contribution in [-0.4, -0.2) is 38.1 Å². The van der Waals surface area contributed by atoms with E-state index in [0.29, 0.717) is 11.0 Å². The molecule has 23 heavy (non-hydrogen) atoms. The molecule has 0 aromatic carbocycles. The Hall–Kier alpha value is -2.07. The van der Waals surface area contributed by atoms with Gasteiger partial charge in [-0.25, -0.2) is 9.47 Å². The number of urea groups is 1. The van der Waals surface area contributed by atoms with E-state index in [-0.39, 0.29) is 5.75 Å². The summed E-state index contributed by atoms with van der Waals surface area (Å²) in [4.78, 5) is 24.3. The number of carbonyl (C=O) groups excluding carboxylic acids is 2. The standard InChI is InChI=1S/C13H18N6O2S2/c1-13(2,3)16-11(21)15-9(20)7-23-12-18-17-10(19(12)14)8-5-4-6-22-8/h4-6H,7,14H2,1-3H3,(H2,15,16,20,21). The molecule has 0 aliphatic carbocycles. The number of nitrogens with zero attached hydrogens (tertiary/aromatic N) is 3. The highest BCUT2D eigenvalue weighted by Crippen LogP contribution is 2.24. The molecular formula is C13H18N6O2S2. The minimum atomic E-state index is -0.531. The molecule has 0 spiro atoms. The first-order chi connectivity index (χ1) is 10.8. The number of nitrogens with two attached hydrogens (primary N) is 1.